The molecule has 3 aromatic rings. The fourth-order valence-electron chi connectivity index (χ4n) is 3.45. The van der Waals surface area contributed by atoms with Gasteiger partial charge in [-0.1, -0.05) is 59.2 Å². The normalized spacial score (nSPS) is 15.0. The first-order valence-corrected chi connectivity index (χ1v) is 12.2. The Bertz CT molecular complexity index is 1040. The maximum Gasteiger partial charge on any atom is 0.252 e. The summed E-state index contributed by atoms with van der Waals surface area (Å²) in [5.74, 6) is -0.187. The zero-order valence-electron chi connectivity index (χ0n) is 17.8. The lowest BCUT2D eigenvalue weighted by molar-refractivity contribution is -0.123. The first-order valence-electron chi connectivity index (χ1n) is 10.6. The first-order chi connectivity index (χ1) is 15.7. The van der Waals surface area contributed by atoms with E-state index in [-0.39, 0.29) is 25.2 Å². The Labute approximate surface area is 194 Å². The van der Waals surface area contributed by atoms with Crippen LogP contribution in [0.5, 0.6) is 0 Å². The van der Waals surface area contributed by atoms with Crippen molar-refractivity contribution in [1.82, 2.24) is 14.6 Å². The quantitative estimate of drug-likeness (QED) is 0.363. The second-order valence-corrected chi connectivity index (χ2v) is 9.34. The van der Waals surface area contributed by atoms with Crippen molar-refractivity contribution in [2.24, 2.45) is 5.16 Å². The Balaban J connectivity index is 1.32. The largest absolute Gasteiger partial charge is 0.389 e. The Hall–Kier alpha value is -2.69. The summed E-state index contributed by atoms with van der Waals surface area (Å²) in [6.07, 6.45) is 5.88. The highest BCUT2D eigenvalue weighted by Gasteiger charge is 2.17. The smallest absolute Gasteiger partial charge is 0.252 e. The summed E-state index contributed by atoms with van der Waals surface area (Å²) in [7, 11) is 0. The number of nitrogens with zero attached hydrogens (tertiary/aromatic N) is 4. The zero-order valence-corrected chi connectivity index (χ0v) is 19.5. The van der Waals surface area contributed by atoms with Gasteiger partial charge in [-0.3, -0.25) is 10.1 Å². The molecule has 0 radical (unpaired) electrons. The lowest BCUT2D eigenvalue weighted by Gasteiger charge is -2.21. The number of hydrogen-bond acceptors (Lipinski definition) is 9. The number of carbonyl (C=O) groups excluding carboxylic acids is 1. The Morgan fingerprint density at radius 2 is 2.03 bits per heavy atom. The minimum absolute atomic E-state index is 0.0574. The van der Waals surface area contributed by atoms with Crippen LogP contribution in [-0.2, 0) is 21.0 Å². The van der Waals surface area contributed by atoms with Crippen LogP contribution >= 0.6 is 22.9 Å². The zero-order chi connectivity index (χ0) is 22.2. The molecule has 1 amide bonds. The van der Waals surface area contributed by atoms with Gasteiger partial charge in [0.05, 0.1) is 16.7 Å². The van der Waals surface area contributed by atoms with E-state index < -0.39 is 0 Å². The molecule has 1 fully saturated rings. The van der Waals surface area contributed by atoms with Gasteiger partial charge in [-0.15, -0.1) is 16.4 Å². The molecule has 1 aromatic carbocycles. The maximum absolute atomic E-state index is 12.2. The molecular formula is C22H25N5O3S2. The van der Waals surface area contributed by atoms with E-state index >= 15 is 0 Å². The molecule has 168 valence electrons. The lowest BCUT2D eigenvalue weighted by atomic mass is 9.98. The van der Waals surface area contributed by atoms with Gasteiger partial charge in [0, 0.05) is 10.9 Å². The highest BCUT2D eigenvalue weighted by molar-refractivity contribution is 7.13. The van der Waals surface area contributed by atoms with Crippen LogP contribution in [0.4, 0.5) is 5.13 Å². The number of thiazole rings is 1. The fraction of sp³-hybridized carbons (Fsp3) is 0.409. The molecule has 0 spiro atoms. The standard InChI is InChI=1S/C22H25N5O3S2/c1-15-20(25-27-32-15)21(16-8-4-2-5-9-16)26-30-12-17-14-31-22(23-17)24-19(28)13-29-18-10-6-3-7-11-18/h2,4-5,8-9,14,18H,3,6-7,10-13H2,1H3,(H,23,24,28)/b26-21+. The summed E-state index contributed by atoms with van der Waals surface area (Å²) >= 11 is 2.67. The third kappa shape index (κ3) is 6.18. The molecule has 32 heavy (non-hydrogen) atoms. The van der Waals surface area contributed by atoms with Gasteiger partial charge in [-0.2, -0.15) is 0 Å². The molecule has 1 aliphatic carbocycles. The van der Waals surface area contributed by atoms with E-state index in [0.29, 0.717) is 22.2 Å². The highest BCUT2D eigenvalue weighted by atomic mass is 32.1. The van der Waals surface area contributed by atoms with Crippen molar-refractivity contribution in [3.05, 3.63) is 57.5 Å². The molecule has 0 aliphatic heterocycles. The first kappa shape index (κ1) is 22.5. The van der Waals surface area contributed by atoms with Gasteiger partial charge in [0.15, 0.2) is 11.7 Å². The fourth-order valence-corrected chi connectivity index (χ4v) is 4.63. The van der Waals surface area contributed by atoms with E-state index in [9.17, 15) is 4.79 Å². The SMILES string of the molecule is Cc1snnc1/C(=N/OCc1csc(NC(=O)COC2CCCCC2)n1)c1ccccc1. The Kier molecular flexibility index (Phi) is 7.92. The molecule has 1 aliphatic rings. The second kappa shape index (κ2) is 11.3. The van der Waals surface area contributed by atoms with Crippen molar-refractivity contribution < 1.29 is 14.4 Å². The van der Waals surface area contributed by atoms with Crippen LogP contribution in [0.15, 0.2) is 40.9 Å². The molecule has 4 rings (SSSR count). The molecule has 2 aromatic heterocycles. The second-order valence-electron chi connectivity index (χ2n) is 7.52. The van der Waals surface area contributed by atoms with Crippen LogP contribution < -0.4 is 5.32 Å². The molecular weight excluding hydrogens is 446 g/mol. The monoisotopic (exact) mass is 471 g/mol. The Morgan fingerprint density at radius 1 is 1.22 bits per heavy atom. The van der Waals surface area contributed by atoms with Crippen LogP contribution in [-0.4, -0.2) is 38.9 Å². The summed E-state index contributed by atoms with van der Waals surface area (Å²) in [4.78, 5) is 23.1. The van der Waals surface area contributed by atoms with E-state index in [1.165, 1.54) is 42.1 Å². The molecule has 8 nitrogen and oxygen atoms in total. The van der Waals surface area contributed by atoms with Crippen LogP contribution in [0.1, 0.15) is 53.9 Å². The van der Waals surface area contributed by atoms with Gasteiger partial charge >= 0.3 is 0 Å². The number of nitrogens with one attached hydrogen (secondary N) is 1. The predicted molar refractivity (Wildman–Crippen MR) is 125 cm³/mol. The van der Waals surface area contributed by atoms with E-state index in [2.05, 4.69) is 25.0 Å². The molecule has 0 unspecified atom stereocenters. The van der Waals surface area contributed by atoms with E-state index in [0.717, 1.165) is 23.3 Å². The number of carbonyl (C=O) groups is 1. The highest BCUT2D eigenvalue weighted by Crippen LogP contribution is 2.21. The van der Waals surface area contributed by atoms with E-state index in [1.54, 1.807) is 0 Å². The number of amides is 1. The maximum atomic E-state index is 12.2. The third-order valence-corrected chi connectivity index (χ3v) is 6.53. The summed E-state index contributed by atoms with van der Waals surface area (Å²) in [6.45, 7) is 2.19. The van der Waals surface area contributed by atoms with Crippen LogP contribution in [0, 0.1) is 6.92 Å². The number of oxime groups is 1. The topological polar surface area (TPSA) is 98.6 Å². The van der Waals surface area contributed by atoms with E-state index in [1.807, 2.05) is 42.6 Å². The number of aromatic nitrogens is 3. The molecule has 1 N–H and O–H groups in total. The molecule has 0 bridgehead atoms. The number of benzene rings is 1. The summed E-state index contributed by atoms with van der Waals surface area (Å²) in [6, 6.07) is 9.72. The molecule has 1 saturated carbocycles. The minimum atomic E-state index is -0.187. The summed E-state index contributed by atoms with van der Waals surface area (Å²) < 4.78 is 9.72. The van der Waals surface area contributed by atoms with Crippen molar-refractivity contribution in [1.29, 1.82) is 0 Å². The van der Waals surface area contributed by atoms with Gasteiger partial charge in [0.25, 0.3) is 5.91 Å². The van der Waals surface area contributed by atoms with E-state index in [4.69, 9.17) is 9.57 Å². The van der Waals surface area contributed by atoms with Gasteiger partial charge in [0.1, 0.15) is 18.0 Å². The number of rotatable bonds is 9. The van der Waals surface area contributed by atoms with Crippen molar-refractivity contribution in [2.75, 3.05) is 11.9 Å². The average molecular weight is 472 g/mol. The van der Waals surface area contributed by atoms with Crippen molar-refractivity contribution in [3.63, 3.8) is 0 Å². The summed E-state index contributed by atoms with van der Waals surface area (Å²) in [5.41, 5.74) is 2.90. The average Bonchev–Trinajstić information content (AvgIpc) is 3.45. The summed E-state index contributed by atoms with van der Waals surface area (Å²) in [5, 5.41) is 13.7. The molecule has 2 heterocycles. The van der Waals surface area contributed by atoms with Gasteiger partial charge in [0.2, 0.25) is 0 Å². The minimum Gasteiger partial charge on any atom is -0.389 e. The number of hydrogen-bond donors (Lipinski definition) is 1. The number of ether oxygens (including phenoxy) is 1. The number of aryl methyl sites for hydroxylation is 1. The van der Waals surface area contributed by atoms with Crippen molar-refractivity contribution >= 4 is 39.6 Å². The molecule has 0 saturated heterocycles. The van der Waals surface area contributed by atoms with Gasteiger partial charge in [-0.25, -0.2) is 4.98 Å². The van der Waals surface area contributed by atoms with Crippen molar-refractivity contribution in [3.8, 4) is 0 Å². The van der Waals surface area contributed by atoms with Gasteiger partial charge in [-0.05, 0) is 31.3 Å². The van der Waals surface area contributed by atoms with Crippen LogP contribution in [0.3, 0.4) is 0 Å². The molecule has 0 atom stereocenters. The Morgan fingerprint density at radius 3 is 2.78 bits per heavy atom. The third-order valence-electron chi connectivity index (χ3n) is 5.09. The van der Waals surface area contributed by atoms with Gasteiger partial charge < -0.3 is 9.57 Å². The number of anilines is 1. The van der Waals surface area contributed by atoms with Crippen LogP contribution in [0.25, 0.3) is 0 Å². The molecule has 10 heteroatoms. The predicted octanol–water partition coefficient (Wildman–Crippen LogP) is 4.56. The van der Waals surface area contributed by atoms with Crippen LogP contribution in [0.2, 0.25) is 0 Å². The lowest BCUT2D eigenvalue weighted by Crippen LogP contribution is -2.24. The van der Waals surface area contributed by atoms with Crippen molar-refractivity contribution in [2.45, 2.75) is 51.7 Å².